The number of rotatable bonds is 8. The van der Waals surface area contributed by atoms with Crippen molar-refractivity contribution >= 4 is 46.5 Å². The zero-order valence-corrected chi connectivity index (χ0v) is 15.9. The lowest BCUT2D eigenvalue weighted by atomic mass is 10.2. The number of imide groups is 1. The van der Waals surface area contributed by atoms with Crippen LogP contribution in [0.2, 0.25) is 4.34 Å². The lowest BCUT2D eigenvalue weighted by Crippen LogP contribution is -2.34. The van der Waals surface area contributed by atoms with Crippen LogP contribution in [0.3, 0.4) is 0 Å². The predicted molar refractivity (Wildman–Crippen MR) is 99.3 cm³/mol. The molecule has 0 saturated carbocycles. The third-order valence-corrected chi connectivity index (χ3v) is 4.65. The molecule has 1 aromatic carbocycles. The van der Waals surface area contributed by atoms with E-state index in [-0.39, 0.29) is 24.2 Å². The van der Waals surface area contributed by atoms with Crippen LogP contribution in [0, 0.1) is 0 Å². The van der Waals surface area contributed by atoms with E-state index in [1.54, 1.807) is 30.3 Å². The number of para-hydroxylation sites is 1. The number of esters is 1. The highest BCUT2D eigenvalue weighted by Crippen LogP contribution is 2.23. The molecule has 2 aromatic rings. The molecule has 0 atom stereocenters. The first kappa shape index (κ1) is 20.6. The number of amides is 2. The van der Waals surface area contributed by atoms with E-state index in [4.69, 9.17) is 21.1 Å². The van der Waals surface area contributed by atoms with E-state index in [1.165, 1.54) is 13.2 Å². The molecule has 1 heterocycles. The van der Waals surface area contributed by atoms with E-state index in [9.17, 15) is 19.2 Å². The molecule has 0 saturated heterocycles. The molecule has 142 valence electrons. The van der Waals surface area contributed by atoms with Crippen molar-refractivity contribution in [2.75, 3.05) is 13.7 Å². The quantitative estimate of drug-likeness (QED) is 0.531. The first-order valence-electron chi connectivity index (χ1n) is 7.82. The third-order valence-electron chi connectivity index (χ3n) is 3.37. The predicted octanol–water partition coefficient (Wildman–Crippen LogP) is 2.87. The average molecular weight is 410 g/mol. The Morgan fingerprint density at radius 1 is 1.07 bits per heavy atom. The number of Topliss-reactive ketones (excluding diaryl/α,β-unsaturated/α-hetero) is 1. The van der Waals surface area contributed by atoms with Gasteiger partial charge in [-0.1, -0.05) is 23.7 Å². The van der Waals surface area contributed by atoms with Crippen LogP contribution in [0.1, 0.15) is 32.9 Å². The number of ketones is 1. The van der Waals surface area contributed by atoms with Gasteiger partial charge in [0.1, 0.15) is 5.75 Å². The molecule has 1 aromatic heterocycles. The number of nitrogens with one attached hydrogen (secondary N) is 1. The minimum Gasteiger partial charge on any atom is -0.496 e. The standard InChI is InChI=1S/C18H16ClNO6S/c1-25-13-5-3-2-4-11(13)18(24)20-16(22)10-26-17(23)9-6-12(21)14-7-8-15(19)27-14/h2-5,7-8H,6,9-10H2,1H3,(H,20,22,24). The fraction of sp³-hybridized carbons (Fsp3) is 0.222. The fourth-order valence-corrected chi connectivity index (χ4v) is 3.09. The van der Waals surface area contributed by atoms with E-state index >= 15 is 0 Å². The minimum atomic E-state index is -0.782. The Hall–Kier alpha value is -2.71. The van der Waals surface area contributed by atoms with Crippen molar-refractivity contribution in [3.05, 3.63) is 51.2 Å². The molecule has 0 fully saturated rings. The van der Waals surface area contributed by atoms with Crippen molar-refractivity contribution in [1.29, 1.82) is 0 Å². The summed E-state index contributed by atoms with van der Waals surface area (Å²) in [4.78, 5) is 47.8. The van der Waals surface area contributed by atoms with E-state index in [1.807, 2.05) is 0 Å². The normalized spacial score (nSPS) is 10.1. The third kappa shape index (κ3) is 6.19. The van der Waals surface area contributed by atoms with Gasteiger partial charge in [0.05, 0.1) is 28.3 Å². The molecule has 0 bridgehead atoms. The van der Waals surface area contributed by atoms with Gasteiger partial charge < -0.3 is 9.47 Å². The highest BCUT2D eigenvalue weighted by molar-refractivity contribution is 7.18. The van der Waals surface area contributed by atoms with Crippen LogP contribution in [0.25, 0.3) is 0 Å². The van der Waals surface area contributed by atoms with Gasteiger partial charge in [-0.2, -0.15) is 0 Å². The zero-order chi connectivity index (χ0) is 19.8. The summed E-state index contributed by atoms with van der Waals surface area (Å²) in [5.74, 6) is -2.09. The van der Waals surface area contributed by atoms with Crippen molar-refractivity contribution in [1.82, 2.24) is 5.32 Å². The molecule has 2 rings (SSSR count). The first-order chi connectivity index (χ1) is 12.9. The van der Waals surface area contributed by atoms with Gasteiger partial charge >= 0.3 is 5.97 Å². The average Bonchev–Trinajstić information content (AvgIpc) is 3.10. The maximum Gasteiger partial charge on any atom is 0.306 e. The van der Waals surface area contributed by atoms with Gasteiger partial charge in [-0.25, -0.2) is 0 Å². The maximum absolute atomic E-state index is 12.0. The number of hydrogen-bond donors (Lipinski definition) is 1. The molecule has 0 unspecified atom stereocenters. The molecular weight excluding hydrogens is 394 g/mol. The Kier molecular flexibility index (Phi) is 7.51. The summed E-state index contributed by atoms with van der Waals surface area (Å²) in [7, 11) is 1.40. The summed E-state index contributed by atoms with van der Waals surface area (Å²) in [6.07, 6.45) is -0.237. The van der Waals surface area contributed by atoms with Crippen molar-refractivity contribution < 1.29 is 28.7 Å². The van der Waals surface area contributed by atoms with Gasteiger partial charge in [0.25, 0.3) is 11.8 Å². The topological polar surface area (TPSA) is 98.8 Å². The van der Waals surface area contributed by atoms with Gasteiger partial charge in [-0.15, -0.1) is 11.3 Å². The fourth-order valence-electron chi connectivity index (χ4n) is 2.08. The number of ether oxygens (including phenoxy) is 2. The van der Waals surface area contributed by atoms with E-state index < -0.39 is 24.4 Å². The summed E-state index contributed by atoms with van der Waals surface area (Å²) in [5.41, 5.74) is 0.180. The van der Waals surface area contributed by atoms with Gasteiger partial charge in [0, 0.05) is 6.42 Å². The van der Waals surface area contributed by atoms with Crippen molar-refractivity contribution in [3.63, 3.8) is 0 Å². The summed E-state index contributed by atoms with van der Waals surface area (Å²) in [6.45, 7) is -0.626. The highest BCUT2D eigenvalue weighted by atomic mass is 35.5. The van der Waals surface area contributed by atoms with Crippen LogP contribution < -0.4 is 10.1 Å². The second-order valence-electron chi connectivity index (χ2n) is 5.27. The van der Waals surface area contributed by atoms with Crippen LogP contribution in [0.5, 0.6) is 5.75 Å². The Labute approximate surface area is 164 Å². The lowest BCUT2D eigenvalue weighted by molar-refractivity contribution is -0.148. The molecule has 9 heteroatoms. The molecule has 1 N–H and O–H groups in total. The van der Waals surface area contributed by atoms with E-state index in [0.29, 0.717) is 15.0 Å². The molecule has 2 amide bonds. The van der Waals surface area contributed by atoms with Gasteiger partial charge in [-0.3, -0.25) is 24.5 Å². The first-order valence-corrected chi connectivity index (χ1v) is 9.01. The molecule has 27 heavy (non-hydrogen) atoms. The minimum absolute atomic E-state index is 0.0581. The summed E-state index contributed by atoms with van der Waals surface area (Å²) in [6, 6.07) is 9.57. The monoisotopic (exact) mass is 409 g/mol. The number of halogens is 1. The van der Waals surface area contributed by atoms with Crippen LogP contribution in [-0.2, 0) is 14.3 Å². The zero-order valence-electron chi connectivity index (χ0n) is 14.3. The maximum atomic E-state index is 12.0. The Bertz CT molecular complexity index is 863. The van der Waals surface area contributed by atoms with Crippen molar-refractivity contribution in [2.24, 2.45) is 0 Å². The molecule has 0 radical (unpaired) electrons. The molecule has 7 nitrogen and oxygen atoms in total. The number of carbonyl (C=O) groups excluding carboxylic acids is 4. The van der Waals surface area contributed by atoms with Crippen LogP contribution in [0.4, 0.5) is 0 Å². The SMILES string of the molecule is COc1ccccc1C(=O)NC(=O)COC(=O)CCC(=O)c1ccc(Cl)s1. The number of benzene rings is 1. The van der Waals surface area contributed by atoms with Crippen LogP contribution >= 0.6 is 22.9 Å². The van der Waals surface area contributed by atoms with E-state index in [0.717, 1.165) is 11.3 Å². The highest BCUT2D eigenvalue weighted by Gasteiger charge is 2.17. The van der Waals surface area contributed by atoms with E-state index in [2.05, 4.69) is 5.32 Å². The Morgan fingerprint density at radius 3 is 2.48 bits per heavy atom. The number of carbonyl (C=O) groups is 4. The summed E-state index contributed by atoms with van der Waals surface area (Å²) in [5, 5.41) is 2.10. The molecule has 0 aliphatic heterocycles. The van der Waals surface area contributed by atoms with Crippen LogP contribution in [-0.4, -0.2) is 37.3 Å². The van der Waals surface area contributed by atoms with Crippen LogP contribution in [0.15, 0.2) is 36.4 Å². The van der Waals surface area contributed by atoms with Crippen molar-refractivity contribution in [3.8, 4) is 5.75 Å². The second kappa shape index (κ2) is 9.84. The summed E-state index contributed by atoms with van der Waals surface area (Å²) < 4.78 is 10.3. The number of hydrogen-bond acceptors (Lipinski definition) is 7. The van der Waals surface area contributed by atoms with Gasteiger partial charge in [0.2, 0.25) is 0 Å². The molecule has 0 aliphatic rings. The smallest absolute Gasteiger partial charge is 0.306 e. The largest absolute Gasteiger partial charge is 0.496 e. The molecule has 0 spiro atoms. The van der Waals surface area contributed by atoms with Crippen molar-refractivity contribution in [2.45, 2.75) is 12.8 Å². The number of thiophene rings is 1. The Balaban J connectivity index is 1.75. The second-order valence-corrected chi connectivity index (χ2v) is 6.98. The molecule has 0 aliphatic carbocycles. The Morgan fingerprint density at radius 2 is 1.81 bits per heavy atom. The molecular formula is C18H16ClNO6S. The van der Waals surface area contributed by atoms with Gasteiger partial charge in [0.15, 0.2) is 12.4 Å². The number of methoxy groups -OCH3 is 1. The lowest BCUT2D eigenvalue weighted by Gasteiger charge is -2.08. The summed E-state index contributed by atoms with van der Waals surface area (Å²) >= 11 is 6.88. The van der Waals surface area contributed by atoms with Gasteiger partial charge in [-0.05, 0) is 24.3 Å².